The van der Waals surface area contributed by atoms with Gasteiger partial charge in [-0.15, -0.1) is 5.10 Å². The van der Waals surface area contributed by atoms with Crippen molar-refractivity contribution >= 4 is 33.5 Å². The van der Waals surface area contributed by atoms with Crippen molar-refractivity contribution in [2.24, 2.45) is 0 Å². The van der Waals surface area contributed by atoms with Gasteiger partial charge < -0.3 is 5.11 Å². The van der Waals surface area contributed by atoms with Crippen LogP contribution in [0.2, 0.25) is 5.02 Å². The molecule has 0 amide bonds. The zero-order chi connectivity index (χ0) is 12.6. The number of halogens is 2. The molecule has 0 spiro atoms. The van der Waals surface area contributed by atoms with Gasteiger partial charge >= 0.3 is 5.97 Å². The van der Waals surface area contributed by atoms with E-state index in [2.05, 4.69) is 26.0 Å². The first kappa shape index (κ1) is 12.1. The number of nitrogens with zero attached hydrogens (tertiary/aromatic N) is 3. The molecule has 1 N–H and O–H groups in total. The Morgan fingerprint density at radius 1 is 1.53 bits per heavy atom. The molecule has 0 aliphatic rings. The van der Waals surface area contributed by atoms with Crippen LogP contribution in [0.25, 0.3) is 5.69 Å². The van der Waals surface area contributed by atoms with Crippen molar-refractivity contribution in [1.82, 2.24) is 14.8 Å². The molecule has 0 aliphatic heterocycles. The van der Waals surface area contributed by atoms with E-state index in [1.54, 1.807) is 25.1 Å². The first-order valence-corrected chi connectivity index (χ1v) is 5.78. The van der Waals surface area contributed by atoms with Gasteiger partial charge in [-0.1, -0.05) is 11.6 Å². The monoisotopic (exact) mass is 315 g/mol. The van der Waals surface area contributed by atoms with Crippen LogP contribution in [0.15, 0.2) is 22.7 Å². The van der Waals surface area contributed by atoms with Gasteiger partial charge in [-0.25, -0.2) is 14.5 Å². The summed E-state index contributed by atoms with van der Waals surface area (Å²) in [7, 11) is 0. The smallest absolute Gasteiger partial charge is 0.375 e. The average molecular weight is 317 g/mol. The summed E-state index contributed by atoms with van der Waals surface area (Å²) in [4.78, 5) is 14.6. The standard InChI is InChI=1S/C10H7BrClN3O2/c1-5-13-9(10(16)17)14-15(5)8-4-6(12)2-3-7(8)11/h2-4H,1H3,(H,16,17). The molecule has 1 aromatic heterocycles. The van der Waals surface area contributed by atoms with Crippen LogP contribution < -0.4 is 0 Å². The summed E-state index contributed by atoms with van der Waals surface area (Å²) in [5.74, 6) is -0.926. The van der Waals surface area contributed by atoms with Crippen LogP contribution in [0.3, 0.4) is 0 Å². The molecule has 1 aromatic carbocycles. The summed E-state index contributed by atoms with van der Waals surface area (Å²) in [6, 6.07) is 5.16. The average Bonchev–Trinajstić information content (AvgIpc) is 2.64. The molecule has 1 heterocycles. The third-order valence-corrected chi connectivity index (χ3v) is 3.00. The van der Waals surface area contributed by atoms with E-state index >= 15 is 0 Å². The highest BCUT2D eigenvalue weighted by molar-refractivity contribution is 9.10. The quantitative estimate of drug-likeness (QED) is 0.925. The fraction of sp³-hybridized carbons (Fsp3) is 0.100. The van der Waals surface area contributed by atoms with Gasteiger partial charge in [0.25, 0.3) is 5.82 Å². The highest BCUT2D eigenvalue weighted by Crippen LogP contribution is 2.25. The normalized spacial score (nSPS) is 10.5. The van der Waals surface area contributed by atoms with Crippen molar-refractivity contribution < 1.29 is 9.90 Å². The molecule has 0 fully saturated rings. The van der Waals surface area contributed by atoms with Gasteiger partial charge in [0, 0.05) is 9.50 Å². The Labute approximate surface area is 110 Å². The summed E-state index contributed by atoms with van der Waals surface area (Å²) >= 11 is 9.24. The zero-order valence-electron chi connectivity index (χ0n) is 8.69. The van der Waals surface area contributed by atoms with Crippen molar-refractivity contribution in [3.63, 3.8) is 0 Å². The Morgan fingerprint density at radius 2 is 2.24 bits per heavy atom. The van der Waals surface area contributed by atoms with Crippen LogP contribution in [0, 0.1) is 6.92 Å². The van der Waals surface area contributed by atoms with E-state index in [9.17, 15) is 4.79 Å². The van der Waals surface area contributed by atoms with Gasteiger partial charge in [-0.05, 0) is 41.1 Å². The maximum absolute atomic E-state index is 10.8. The molecule has 17 heavy (non-hydrogen) atoms. The molecule has 0 bridgehead atoms. The summed E-state index contributed by atoms with van der Waals surface area (Å²) in [5.41, 5.74) is 0.648. The van der Waals surface area contributed by atoms with E-state index in [4.69, 9.17) is 16.7 Å². The predicted octanol–water partition coefficient (Wildman–Crippen LogP) is 2.69. The lowest BCUT2D eigenvalue weighted by atomic mass is 10.3. The SMILES string of the molecule is Cc1nc(C(=O)O)nn1-c1cc(Cl)ccc1Br. The second-order valence-corrected chi connectivity index (χ2v) is 4.59. The van der Waals surface area contributed by atoms with Gasteiger partial charge in [0.2, 0.25) is 0 Å². The lowest BCUT2D eigenvalue weighted by Crippen LogP contribution is -2.03. The molecule has 2 aromatic rings. The maximum Gasteiger partial charge on any atom is 0.375 e. The Bertz CT molecular complexity index is 597. The molecule has 0 atom stereocenters. The van der Waals surface area contributed by atoms with Crippen molar-refractivity contribution in [2.45, 2.75) is 6.92 Å². The number of carboxylic acid groups (broad SMARTS) is 1. The highest BCUT2D eigenvalue weighted by atomic mass is 79.9. The van der Waals surface area contributed by atoms with E-state index in [1.807, 2.05) is 0 Å². The van der Waals surface area contributed by atoms with Crippen LogP contribution in [0.4, 0.5) is 0 Å². The van der Waals surface area contributed by atoms with E-state index < -0.39 is 5.97 Å². The Balaban J connectivity index is 2.60. The third kappa shape index (κ3) is 2.32. The van der Waals surface area contributed by atoms with E-state index in [-0.39, 0.29) is 5.82 Å². The molecule has 0 saturated carbocycles. The van der Waals surface area contributed by atoms with Gasteiger partial charge in [0.1, 0.15) is 5.82 Å². The van der Waals surface area contributed by atoms with Crippen molar-refractivity contribution in [3.05, 3.63) is 39.3 Å². The van der Waals surface area contributed by atoms with Gasteiger partial charge in [0.05, 0.1) is 5.69 Å². The molecule has 2 rings (SSSR count). The first-order valence-electron chi connectivity index (χ1n) is 4.61. The number of aromatic carboxylic acids is 1. The molecule has 0 aliphatic carbocycles. The molecule has 7 heteroatoms. The Morgan fingerprint density at radius 3 is 2.82 bits per heavy atom. The Kier molecular flexibility index (Phi) is 3.17. The van der Waals surface area contributed by atoms with Gasteiger partial charge in [0.15, 0.2) is 0 Å². The molecular weight excluding hydrogens is 309 g/mol. The van der Waals surface area contributed by atoms with E-state index in [1.165, 1.54) is 4.68 Å². The minimum absolute atomic E-state index is 0.241. The number of aromatic nitrogens is 3. The molecule has 88 valence electrons. The van der Waals surface area contributed by atoms with Crippen molar-refractivity contribution in [2.75, 3.05) is 0 Å². The molecular formula is C10H7BrClN3O2. The summed E-state index contributed by atoms with van der Waals surface area (Å²) < 4.78 is 2.19. The van der Waals surface area contributed by atoms with Crippen LogP contribution in [-0.2, 0) is 0 Å². The molecule has 0 unspecified atom stereocenters. The van der Waals surface area contributed by atoms with E-state index in [0.717, 1.165) is 4.47 Å². The minimum Gasteiger partial charge on any atom is -0.475 e. The highest BCUT2D eigenvalue weighted by Gasteiger charge is 2.15. The minimum atomic E-state index is -1.16. The third-order valence-electron chi connectivity index (χ3n) is 2.10. The molecule has 5 nitrogen and oxygen atoms in total. The second-order valence-electron chi connectivity index (χ2n) is 3.30. The zero-order valence-corrected chi connectivity index (χ0v) is 11.0. The van der Waals surface area contributed by atoms with Crippen molar-refractivity contribution in [3.8, 4) is 5.69 Å². The van der Waals surface area contributed by atoms with Crippen LogP contribution in [0.1, 0.15) is 16.4 Å². The number of carbonyl (C=O) groups is 1. The topological polar surface area (TPSA) is 68.0 Å². The first-order chi connectivity index (χ1) is 7.99. The van der Waals surface area contributed by atoms with Crippen LogP contribution >= 0.6 is 27.5 Å². The van der Waals surface area contributed by atoms with Gasteiger partial charge in [-0.3, -0.25) is 0 Å². The summed E-state index contributed by atoms with van der Waals surface area (Å²) in [5, 5.41) is 13.3. The number of hydrogen-bond donors (Lipinski definition) is 1. The fourth-order valence-electron chi connectivity index (χ4n) is 1.36. The maximum atomic E-state index is 10.8. The number of benzene rings is 1. The van der Waals surface area contributed by atoms with Gasteiger partial charge in [-0.2, -0.15) is 0 Å². The van der Waals surface area contributed by atoms with Crippen LogP contribution in [-0.4, -0.2) is 25.8 Å². The largest absolute Gasteiger partial charge is 0.475 e. The Hall–Kier alpha value is -1.40. The number of aryl methyl sites for hydroxylation is 1. The lowest BCUT2D eigenvalue weighted by Gasteiger charge is -2.05. The van der Waals surface area contributed by atoms with Crippen LogP contribution in [0.5, 0.6) is 0 Å². The number of rotatable bonds is 2. The summed E-state index contributed by atoms with van der Waals surface area (Å²) in [6.45, 7) is 1.67. The number of carboxylic acids is 1. The second kappa shape index (κ2) is 4.46. The lowest BCUT2D eigenvalue weighted by molar-refractivity contribution is 0.0683. The van der Waals surface area contributed by atoms with Crippen molar-refractivity contribution in [1.29, 1.82) is 0 Å². The fourth-order valence-corrected chi connectivity index (χ4v) is 1.94. The summed E-state index contributed by atoms with van der Waals surface area (Å²) in [6.07, 6.45) is 0. The number of hydrogen-bond acceptors (Lipinski definition) is 3. The molecule has 0 radical (unpaired) electrons. The molecule has 0 saturated heterocycles. The predicted molar refractivity (Wildman–Crippen MR) is 65.8 cm³/mol. The van der Waals surface area contributed by atoms with E-state index in [0.29, 0.717) is 16.5 Å².